The number of nitrogens with zero attached hydrogens (tertiary/aromatic N) is 5. The van der Waals surface area contributed by atoms with Crippen LogP contribution in [0.3, 0.4) is 0 Å². The number of nitrogens with one attached hydrogen (secondary N) is 1. The molecule has 0 fully saturated rings. The summed E-state index contributed by atoms with van der Waals surface area (Å²) in [5, 5.41) is 10.8. The highest BCUT2D eigenvalue weighted by Gasteiger charge is 2.20. The molecule has 0 saturated carbocycles. The second-order valence-corrected chi connectivity index (χ2v) is 7.19. The van der Waals surface area contributed by atoms with E-state index in [9.17, 15) is 14.4 Å². The number of carbonyl (C=O) groups excluding carboxylic acids is 1. The van der Waals surface area contributed by atoms with Crippen molar-refractivity contribution in [1.82, 2.24) is 24.5 Å². The fourth-order valence-electron chi connectivity index (χ4n) is 3.30. The molecule has 11 heteroatoms. The summed E-state index contributed by atoms with van der Waals surface area (Å²) < 4.78 is 12.6. The number of hydrogen-bond acceptors (Lipinski definition) is 8. The fraction of sp³-hybridized carbons (Fsp3) is 0.217. The number of methoxy groups -OCH3 is 1. The maximum atomic E-state index is 12.8. The van der Waals surface area contributed by atoms with Gasteiger partial charge in [-0.3, -0.25) is 14.2 Å². The van der Waals surface area contributed by atoms with Crippen LogP contribution in [0.2, 0.25) is 0 Å². The van der Waals surface area contributed by atoms with Gasteiger partial charge in [0.1, 0.15) is 5.75 Å². The zero-order valence-electron chi connectivity index (χ0n) is 18.6. The molecule has 4 rings (SSSR count). The predicted molar refractivity (Wildman–Crippen MR) is 123 cm³/mol. The first kappa shape index (κ1) is 22.6. The maximum Gasteiger partial charge on any atom is 0.352 e. The fourth-order valence-corrected chi connectivity index (χ4v) is 3.30. The molecule has 0 aliphatic carbocycles. The first-order valence-electron chi connectivity index (χ1n) is 10.6. The van der Waals surface area contributed by atoms with Crippen LogP contribution in [-0.4, -0.2) is 37.5 Å². The van der Waals surface area contributed by atoms with Crippen LogP contribution in [0.5, 0.6) is 5.75 Å². The van der Waals surface area contributed by atoms with Crippen molar-refractivity contribution >= 4 is 11.6 Å². The smallest absolute Gasteiger partial charge is 0.352 e. The molecule has 1 amide bonds. The van der Waals surface area contributed by atoms with E-state index in [1.165, 1.54) is 7.11 Å². The number of aromatic nitrogens is 5. The quantitative estimate of drug-likeness (QED) is 0.420. The Bertz CT molecular complexity index is 1420. The average molecular weight is 462 g/mol. The van der Waals surface area contributed by atoms with Gasteiger partial charge < -0.3 is 14.6 Å². The van der Waals surface area contributed by atoms with E-state index in [-0.39, 0.29) is 42.7 Å². The van der Waals surface area contributed by atoms with E-state index in [1.54, 1.807) is 61.5 Å². The lowest BCUT2D eigenvalue weighted by molar-refractivity contribution is -0.116. The predicted octanol–water partition coefficient (Wildman–Crippen LogP) is 2.04. The van der Waals surface area contributed by atoms with E-state index in [0.29, 0.717) is 17.1 Å². The third kappa shape index (κ3) is 4.63. The molecule has 0 bridgehead atoms. The third-order valence-corrected chi connectivity index (χ3v) is 5.00. The molecule has 11 nitrogen and oxygen atoms in total. The SMILES string of the molecule is CCn1c(=O)c(-c2noc(CCC(=O)Nc3ccccc3OC)n2)nn(-c2ccccc2)c1=O. The standard InChI is InChI=1S/C23H22N6O5/c1-3-28-22(31)20(26-29(23(28)32)15-9-5-4-6-10-15)21-25-19(34-27-21)14-13-18(30)24-16-11-7-8-12-17(16)33-2/h4-12H,3,13-14H2,1-2H3,(H,24,30). The number of benzene rings is 2. The number of hydrogen-bond donors (Lipinski definition) is 1. The molecule has 0 atom stereocenters. The number of amides is 1. The average Bonchev–Trinajstić information content (AvgIpc) is 3.33. The summed E-state index contributed by atoms with van der Waals surface area (Å²) in [4.78, 5) is 42.1. The normalized spacial score (nSPS) is 10.8. The summed E-state index contributed by atoms with van der Waals surface area (Å²) in [6.45, 7) is 1.83. The minimum Gasteiger partial charge on any atom is -0.495 e. The maximum absolute atomic E-state index is 12.8. The third-order valence-electron chi connectivity index (χ3n) is 5.00. The Morgan fingerprint density at radius 1 is 1.09 bits per heavy atom. The number of carbonyl (C=O) groups is 1. The minimum atomic E-state index is -0.624. The van der Waals surface area contributed by atoms with Crippen molar-refractivity contribution in [1.29, 1.82) is 0 Å². The van der Waals surface area contributed by atoms with Crippen molar-refractivity contribution in [3.63, 3.8) is 0 Å². The Labute approximate surface area is 193 Å². The number of para-hydroxylation sites is 3. The molecule has 34 heavy (non-hydrogen) atoms. The summed E-state index contributed by atoms with van der Waals surface area (Å²) in [5.41, 5.74) is -0.278. The summed E-state index contributed by atoms with van der Waals surface area (Å²) in [6, 6.07) is 15.8. The lowest BCUT2D eigenvalue weighted by Gasteiger charge is -2.09. The van der Waals surface area contributed by atoms with E-state index < -0.39 is 11.2 Å². The number of anilines is 1. The molecule has 1 N–H and O–H groups in total. The van der Waals surface area contributed by atoms with Crippen molar-refractivity contribution < 1.29 is 14.1 Å². The number of ether oxygens (including phenoxy) is 1. The summed E-state index contributed by atoms with van der Waals surface area (Å²) >= 11 is 0. The van der Waals surface area contributed by atoms with Crippen LogP contribution in [0, 0.1) is 0 Å². The molecule has 0 aliphatic heterocycles. The highest BCUT2D eigenvalue weighted by molar-refractivity contribution is 5.92. The molecular formula is C23H22N6O5. The Kier molecular flexibility index (Phi) is 6.62. The van der Waals surface area contributed by atoms with Gasteiger partial charge in [-0.1, -0.05) is 35.5 Å². The van der Waals surface area contributed by atoms with E-state index in [1.807, 2.05) is 0 Å². The van der Waals surface area contributed by atoms with Crippen LogP contribution in [-0.2, 0) is 17.8 Å². The molecule has 0 saturated heterocycles. The van der Waals surface area contributed by atoms with Crippen molar-refractivity contribution in [2.45, 2.75) is 26.3 Å². The largest absolute Gasteiger partial charge is 0.495 e. The minimum absolute atomic E-state index is 0.0583. The Balaban J connectivity index is 1.55. The highest BCUT2D eigenvalue weighted by atomic mass is 16.5. The molecule has 0 spiro atoms. The van der Waals surface area contributed by atoms with Gasteiger partial charge in [0.2, 0.25) is 17.6 Å². The van der Waals surface area contributed by atoms with Crippen LogP contribution in [0.4, 0.5) is 5.69 Å². The second-order valence-electron chi connectivity index (χ2n) is 7.19. The van der Waals surface area contributed by atoms with Crippen molar-refractivity contribution in [2.24, 2.45) is 0 Å². The van der Waals surface area contributed by atoms with Crippen LogP contribution in [0.25, 0.3) is 17.2 Å². The van der Waals surface area contributed by atoms with Gasteiger partial charge >= 0.3 is 5.69 Å². The molecule has 0 unspecified atom stereocenters. The molecule has 2 aromatic carbocycles. The van der Waals surface area contributed by atoms with Gasteiger partial charge in [0, 0.05) is 19.4 Å². The first-order chi connectivity index (χ1) is 16.5. The van der Waals surface area contributed by atoms with Crippen LogP contribution in [0.15, 0.2) is 68.7 Å². The van der Waals surface area contributed by atoms with E-state index in [4.69, 9.17) is 9.26 Å². The molecule has 2 heterocycles. The number of rotatable bonds is 8. The second kappa shape index (κ2) is 9.94. The zero-order chi connectivity index (χ0) is 24.1. The van der Waals surface area contributed by atoms with Crippen LogP contribution < -0.4 is 21.3 Å². The van der Waals surface area contributed by atoms with Gasteiger partial charge in [0.15, 0.2) is 5.69 Å². The molecule has 0 radical (unpaired) electrons. The Morgan fingerprint density at radius 3 is 2.56 bits per heavy atom. The van der Waals surface area contributed by atoms with Crippen molar-refractivity contribution in [2.75, 3.05) is 12.4 Å². The van der Waals surface area contributed by atoms with E-state index in [2.05, 4.69) is 20.6 Å². The first-order valence-corrected chi connectivity index (χ1v) is 10.6. The zero-order valence-corrected chi connectivity index (χ0v) is 18.6. The molecule has 4 aromatic rings. The highest BCUT2D eigenvalue weighted by Crippen LogP contribution is 2.23. The van der Waals surface area contributed by atoms with Gasteiger partial charge in [0.05, 0.1) is 18.5 Å². The summed E-state index contributed by atoms with van der Waals surface area (Å²) in [5.74, 6) is 0.375. The topological polar surface area (TPSA) is 134 Å². The van der Waals surface area contributed by atoms with Gasteiger partial charge in [-0.2, -0.15) is 14.8 Å². The van der Waals surface area contributed by atoms with Crippen LogP contribution in [0.1, 0.15) is 19.2 Å². The van der Waals surface area contributed by atoms with Gasteiger partial charge in [-0.25, -0.2) is 4.79 Å². The van der Waals surface area contributed by atoms with Crippen molar-refractivity contribution in [3.8, 4) is 23.0 Å². The Hall–Kier alpha value is -4.54. The monoisotopic (exact) mass is 462 g/mol. The van der Waals surface area contributed by atoms with Crippen LogP contribution >= 0.6 is 0 Å². The van der Waals surface area contributed by atoms with Gasteiger partial charge in [-0.05, 0) is 31.2 Å². The molecule has 2 aromatic heterocycles. The molecule has 0 aliphatic rings. The molecule has 174 valence electrons. The lowest BCUT2D eigenvalue weighted by Crippen LogP contribution is -2.41. The Morgan fingerprint density at radius 2 is 1.82 bits per heavy atom. The van der Waals surface area contributed by atoms with Gasteiger partial charge in [0.25, 0.3) is 5.56 Å². The summed E-state index contributed by atoms with van der Waals surface area (Å²) in [7, 11) is 1.52. The van der Waals surface area contributed by atoms with E-state index in [0.717, 1.165) is 9.25 Å². The summed E-state index contributed by atoms with van der Waals surface area (Å²) in [6.07, 6.45) is 0.212. The number of aryl methyl sites for hydroxylation is 1. The van der Waals surface area contributed by atoms with Gasteiger partial charge in [-0.15, -0.1) is 0 Å². The van der Waals surface area contributed by atoms with Crippen molar-refractivity contribution in [3.05, 3.63) is 81.3 Å². The molecular weight excluding hydrogens is 440 g/mol. The van der Waals surface area contributed by atoms with E-state index >= 15 is 0 Å². The lowest BCUT2D eigenvalue weighted by atomic mass is 10.2.